The lowest BCUT2D eigenvalue weighted by Gasteiger charge is -2.17. The third kappa shape index (κ3) is 4.32. The smallest absolute Gasteiger partial charge is 0.323 e. The zero-order valence-corrected chi connectivity index (χ0v) is 17.9. The lowest BCUT2D eigenvalue weighted by Crippen LogP contribution is -2.32. The molecular weight excluding hydrogens is 406 g/mol. The Balaban J connectivity index is 1.42. The van der Waals surface area contributed by atoms with E-state index < -0.39 is 0 Å². The second-order valence-corrected chi connectivity index (χ2v) is 8.33. The van der Waals surface area contributed by atoms with E-state index in [4.69, 9.17) is 0 Å². The normalized spacial score (nSPS) is 15.6. The number of rotatable bonds is 6. The Kier molecular flexibility index (Phi) is 5.30. The molecule has 1 saturated carbocycles. The molecule has 2 N–H and O–H groups in total. The molecule has 0 unspecified atom stereocenters. The number of Topliss-reactive ketones (excluding diaryl/α,β-unsaturated/α-hetero) is 1. The molecule has 1 saturated heterocycles. The van der Waals surface area contributed by atoms with Crippen LogP contribution in [0.25, 0.3) is 11.4 Å². The van der Waals surface area contributed by atoms with E-state index >= 15 is 0 Å². The van der Waals surface area contributed by atoms with E-state index in [1.165, 1.54) is 0 Å². The van der Waals surface area contributed by atoms with Crippen LogP contribution in [-0.2, 0) is 7.05 Å². The first-order valence-electron chi connectivity index (χ1n) is 10.9. The molecule has 9 heteroatoms. The summed E-state index contributed by atoms with van der Waals surface area (Å²) in [7, 11) is 1.82. The fourth-order valence-corrected chi connectivity index (χ4v) is 3.86. The van der Waals surface area contributed by atoms with Crippen LogP contribution in [0.2, 0.25) is 0 Å². The van der Waals surface area contributed by atoms with Crippen LogP contribution < -0.4 is 10.6 Å². The molecule has 2 amide bonds. The van der Waals surface area contributed by atoms with E-state index in [1.807, 2.05) is 31.3 Å². The molecule has 2 aromatic heterocycles. The van der Waals surface area contributed by atoms with Crippen LogP contribution in [0.3, 0.4) is 0 Å². The van der Waals surface area contributed by atoms with Crippen LogP contribution in [-0.4, -0.2) is 49.6 Å². The molecule has 1 aliphatic carbocycles. The van der Waals surface area contributed by atoms with Crippen molar-refractivity contribution in [3.8, 4) is 11.4 Å². The highest BCUT2D eigenvalue weighted by molar-refractivity contribution is 6.05. The molecule has 3 heterocycles. The highest BCUT2D eigenvalue weighted by atomic mass is 16.2. The van der Waals surface area contributed by atoms with Gasteiger partial charge in [-0.2, -0.15) is 5.10 Å². The molecule has 0 radical (unpaired) electrons. The summed E-state index contributed by atoms with van der Waals surface area (Å²) in [5, 5.41) is 10.6. The number of urea groups is 1. The maximum Gasteiger partial charge on any atom is 0.323 e. The number of hydrogen-bond donors (Lipinski definition) is 2. The highest BCUT2D eigenvalue weighted by Crippen LogP contribution is 2.36. The molecule has 0 spiro atoms. The molecule has 1 aromatic carbocycles. The Morgan fingerprint density at radius 1 is 1.09 bits per heavy atom. The number of aryl methyl sites for hydroxylation is 1. The maximum absolute atomic E-state index is 12.9. The Bertz CT molecular complexity index is 1160. The lowest BCUT2D eigenvalue weighted by molar-refractivity contribution is 0.0968. The standard InChI is InChI=1S/C23H25N7O2/c1-29-14-25-22(28-29)16-5-4-6-17(11-16)26-19-12-20(27-23(32)30-9-2-3-10-30)24-13-18(19)21(31)15-7-8-15/h4-6,11-15H,2-3,7-10H2,1H3,(H2,24,26,27,32). The van der Waals surface area contributed by atoms with Gasteiger partial charge in [0.25, 0.3) is 0 Å². The first-order chi connectivity index (χ1) is 15.6. The number of ketones is 1. The van der Waals surface area contributed by atoms with Gasteiger partial charge in [0.2, 0.25) is 0 Å². The number of carbonyl (C=O) groups excluding carboxylic acids is 2. The van der Waals surface area contributed by atoms with Crippen molar-refractivity contribution in [1.29, 1.82) is 0 Å². The van der Waals surface area contributed by atoms with Gasteiger partial charge >= 0.3 is 6.03 Å². The minimum absolute atomic E-state index is 0.0615. The van der Waals surface area contributed by atoms with Gasteiger partial charge in [0.15, 0.2) is 11.6 Å². The third-order valence-corrected chi connectivity index (χ3v) is 5.75. The summed E-state index contributed by atoms with van der Waals surface area (Å²) >= 11 is 0. The van der Waals surface area contributed by atoms with E-state index in [9.17, 15) is 9.59 Å². The molecule has 164 valence electrons. The van der Waals surface area contributed by atoms with Crippen molar-refractivity contribution in [3.05, 3.63) is 48.4 Å². The fourth-order valence-electron chi connectivity index (χ4n) is 3.86. The minimum Gasteiger partial charge on any atom is -0.355 e. The van der Waals surface area contributed by atoms with Gasteiger partial charge in [0, 0.05) is 49.6 Å². The van der Waals surface area contributed by atoms with Crippen molar-refractivity contribution < 1.29 is 9.59 Å². The summed E-state index contributed by atoms with van der Waals surface area (Å²) in [5.74, 6) is 1.18. The van der Waals surface area contributed by atoms with Crippen molar-refractivity contribution in [2.24, 2.45) is 13.0 Å². The van der Waals surface area contributed by atoms with Crippen molar-refractivity contribution >= 4 is 29.0 Å². The van der Waals surface area contributed by atoms with Gasteiger partial charge in [-0.05, 0) is 37.8 Å². The van der Waals surface area contributed by atoms with Crippen LogP contribution in [0.4, 0.5) is 22.0 Å². The van der Waals surface area contributed by atoms with Crippen LogP contribution in [0.15, 0.2) is 42.9 Å². The van der Waals surface area contributed by atoms with E-state index in [1.54, 1.807) is 28.2 Å². The molecule has 0 bridgehead atoms. The predicted molar refractivity (Wildman–Crippen MR) is 121 cm³/mol. The molecule has 3 aromatic rings. The minimum atomic E-state index is -0.162. The van der Waals surface area contributed by atoms with Gasteiger partial charge in [0.05, 0.1) is 11.3 Å². The van der Waals surface area contributed by atoms with Crippen molar-refractivity contribution in [2.45, 2.75) is 25.7 Å². The number of carbonyl (C=O) groups is 2. The molecule has 0 atom stereocenters. The summed E-state index contributed by atoms with van der Waals surface area (Å²) in [5.41, 5.74) is 2.82. The number of nitrogens with zero attached hydrogens (tertiary/aromatic N) is 5. The number of aromatic nitrogens is 4. The number of benzene rings is 1. The first kappa shape index (κ1) is 20.2. The summed E-state index contributed by atoms with van der Waals surface area (Å²) in [6, 6.07) is 9.27. The van der Waals surface area contributed by atoms with Crippen LogP contribution in [0.1, 0.15) is 36.0 Å². The molecule has 9 nitrogen and oxygen atoms in total. The average molecular weight is 432 g/mol. The molecule has 2 aliphatic rings. The van der Waals surface area contributed by atoms with Gasteiger partial charge < -0.3 is 10.2 Å². The molecule has 1 aliphatic heterocycles. The summed E-state index contributed by atoms with van der Waals surface area (Å²) in [6.07, 6.45) is 7.07. The van der Waals surface area contributed by atoms with Crippen LogP contribution in [0, 0.1) is 5.92 Å². The SMILES string of the molecule is Cn1cnc(-c2cccc(Nc3cc(NC(=O)N4CCCC4)ncc3C(=O)C3CC3)c2)n1. The Morgan fingerprint density at radius 2 is 1.91 bits per heavy atom. The number of likely N-dealkylation sites (tertiary alicyclic amines) is 1. The third-order valence-electron chi connectivity index (χ3n) is 5.75. The number of amides is 2. The molecule has 2 fully saturated rings. The van der Waals surface area contributed by atoms with E-state index in [-0.39, 0.29) is 17.7 Å². The predicted octanol–water partition coefficient (Wildman–Crippen LogP) is 3.84. The topological polar surface area (TPSA) is 105 Å². The lowest BCUT2D eigenvalue weighted by atomic mass is 10.1. The van der Waals surface area contributed by atoms with Gasteiger partial charge in [-0.3, -0.25) is 14.8 Å². The van der Waals surface area contributed by atoms with Crippen molar-refractivity contribution in [1.82, 2.24) is 24.6 Å². The largest absolute Gasteiger partial charge is 0.355 e. The van der Waals surface area contributed by atoms with Crippen LogP contribution in [0.5, 0.6) is 0 Å². The fraction of sp³-hybridized carbons (Fsp3) is 0.348. The van der Waals surface area contributed by atoms with Gasteiger partial charge in [-0.1, -0.05) is 12.1 Å². The second kappa shape index (κ2) is 8.41. The van der Waals surface area contributed by atoms with Gasteiger partial charge in [-0.25, -0.2) is 14.8 Å². The van der Waals surface area contributed by atoms with Gasteiger partial charge in [-0.15, -0.1) is 0 Å². The number of pyridine rings is 1. The quantitative estimate of drug-likeness (QED) is 0.575. The van der Waals surface area contributed by atoms with Gasteiger partial charge in [0.1, 0.15) is 12.1 Å². The van der Waals surface area contributed by atoms with E-state index in [0.29, 0.717) is 22.9 Å². The maximum atomic E-state index is 12.9. The number of nitrogens with one attached hydrogen (secondary N) is 2. The van der Waals surface area contributed by atoms with Crippen molar-refractivity contribution in [3.63, 3.8) is 0 Å². The Hall–Kier alpha value is -3.75. The molecule has 32 heavy (non-hydrogen) atoms. The summed E-state index contributed by atoms with van der Waals surface area (Å²) < 4.78 is 1.65. The van der Waals surface area contributed by atoms with E-state index in [2.05, 4.69) is 25.7 Å². The summed E-state index contributed by atoms with van der Waals surface area (Å²) in [6.45, 7) is 1.51. The average Bonchev–Trinajstić information content (AvgIpc) is 3.30. The first-order valence-corrected chi connectivity index (χ1v) is 10.9. The Morgan fingerprint density at radius 3 is 2.62 bits per heavy atom. The number of hydrogen-bond acceptors (Lipinski definition) is 6. The Labute approximate surface area is 185 Å². The highest BCUT2D eigenvalue weighted by Gasteiger charge is 2.32. The van der Waals surface area contributed by atoms with Crippen molar-refractivity contribution in [2.75, 3.05) is 23.7 Å². The number of anilines is 3. The molecular formula is C23H25N7O2. The zero-order valence-electron chi connectivity index (χ0n) is 17.9. The second-order valence-electron chi connectivity index (χ2n) is 8.33. The summed E-state index contributed by atoms with van der Waals surface area (Å²) in [4.78, 5) is 35.8. The zero-order chi connectivity index (χ0) is 22.1. The molecule has 5 rings (SSSR count). The van der Waals surface area contributed by atoms with Crippen LogP contribution >= 0.6 is 0 Å². The van der Waals surface area contributed by atoms with E-state index in [0.717, 1.165) is 50.0 Å². The monoisotopic (exact) mass is 431 g/mol.